The van der Waals surface area contributed by atoms with E-state index in [0.717, 1.165) is 17.1 Å². The van der Waals surface area contributed by atoms with Crippen molar-refractivity contribution in [3.8, 4) is 0 Å². The number of anilines is 1. The van der Waals surface area contributed by atoms with Crippen molar-refractivity contribution in [1.29, 1.82) is 0 Å². The number of imidazole rings is 1. The largest absolute Gasteiger partial charge is 0.349 e. The molecule has 112 valence electrons. The number of nitrogens with one attached hydrogen (secondary N) is 4. The van der Waals surface area contributed by atoms with E-state index < -0.39 is 0 Å². The highest BCUT2D eigenvalue weighted by Crippen LogP contribution is 2.16. The Balaban J connectivity index is 1.82. The zero-order valence-corrected chi connectivity index (χ0v) is 12.3. The third kappa shape index (κ3) is 4.61. The number of nitrogens with zero attached hydrogens (tertiary/aromatic N) is 1. The quantitative estimate of drug-likeness (QED) is 0.656. The van der Waals surface area contributed by atoms with E-state index in [1.807, 2.05) is 31.3 Å². The molecule has 2 rings (SSSR count). The summed E-state index contributed by atoms with van der Waals surface area (Å²) in [5.74, 6) is 0.861. The lowest BCUT2D eigenvalue weighted by Gasteiger charge is -2.13. The van der Waals surface area contributed by atoms with Crippen LogP contribution in [-0.2, 0) is 6.42 Å². The molecule has 0 aliphatic carbocycles. The fourth-order valence-corrected chi connectivity index (χ4v) is 1.96. The number of carbonyl (C=O) groups excluding carboxylic acids is 1. The van der Waals surface area contributed by atoms with E-state index in [1.165, 1.54) is 0 Å². The van der Waals surface area contributed by atoms with E-state index in [1.54, 1.807) is 12.4 Å². The Labute approximate surface area is 124 Å². The normalized spacial score (nSPS) is 11.9. The zero-order chi connectivity index (χ0) is 15.1. The van der Waals surface area contributed by atoms with Gasteiger partial charge in [-0.05, 0) is 31.7 Å². The van der Waals surface area contributed by atoms with Crippen LogP contribution in [0, 0.1) is 0 Å². The first-order chi connectivity index (χ1) is 10.2. The van der Waals surface area contributed by atoms with Gasteiger partial charge in [-0.25, -0.2) is 9.78 Å². The van der Waals surface area contributed by atoms with Crippen molar-refractivity contribution in [1.82, 2.24) is 20.6 Å². The van der Waals surface area contributed by atoms with Gasteiger partial charge < -0.3 is 20.9 Å². The maximum Gasteiger partial charge on any atom is 0.319 e. The van der Waals surface area contributed by atoms with Crippen molar-refractivity contribution < 1.29 is 4.79 Å². The summed E-state index contributed by atoms with van der Waals surface area (Å²) in [5, 5.41) is 8.81. The van der Waals surface area contributed by atoms with Crippen LogP contribution in [0.15, 0.2) is 36.7 Å². The van der Waals surface area contributed by atoms with Crippen LogP contribution in [0.3, 0.4) is 0 Å². The number of benzene rings is 1. The molecule has 6 heteroatoms. The summed E-state index contributed by atoms with van der Waals surface area (Å²) in [6.07, 6.45) is 4.14. The third-order valence-electron chi connectivity index (χ3n) is 3.28. The van der Waals surface area contributed by atoms with Crippen LogP contribution in [0.25, 0.3) is 0 Å². The molecule has 0 aliphatic rings. The number of hydrogen-bond acceptors (Lipinski definition) is 3. The van der Waals surface area contributed by atoms with E-state index in [-0.39, 0.29) is 12.1 Å². The van der Waals surface area contributed by atoms with Gasteiger partial charge in [0.2, 0.25) is 0 Å². The molecule has 1 heterocycles. The van der Waals surface area contributed by atoms with Gasteiger partial charge in [-0.1, -0.05) is 12.1 Å². The van der Waals surface area contributed by atoms with Gasteiger partial charge in [0.15, 0.2) is 0 Å². The summed E-state index contributed by atoms with van der Waals surface area (Å²) in [4.78, 5) is 18.9. The second kappa shape index (κ2) is 7.44. The first-order valence-corrected chi connectivity index (χ1v) is 6.99. The summed E-state index contributed by atoms with van der Waals surface area (Å²) < 4.78 is 0. The third-order valence-corrected chi connectivity index (χ3v) is 3.28. The number of aromatic amines is 1. The van der Waals surface area contributed by atoms with Crippen LogP contribution in [0.2, 0.25) is 0 Å². The Bertz CT molecular complexity index is 567. The van der Waals surface area contributed by atoms with Crippen LogP contribution in [0.1, 0.15) is 24.4 Å². The molecule has 1 unspecified atom stereocenters. The van der Waals surface area contributed by atoms with Crippen molar-refractivity contribution >= 4 is 11.7 Å². The predicted molar refractivity (Wildman–Crippen MR) is 83.2 cm³/mol. The van der Waals surface area contributed by atoms with Crippen LogP contribution < -0.4 is 16.0 Å². The van der Waals surface area contributed by atoms with Gasteiger partial charge in [0.25, 0.3) is 0 Å². The molecule has 2 aromatic rings. The lowest BCUT2D eigenvalue weighted by molar-refractivity contribution is 0.252. The zero-order valence-electron chi connectivity index (χ0n) is 12.3. The first kappa shape index (κ1) is 15.1. The van der Waals surface area contributed by atoms with E-state index in [2.05, 4.69) is 32.8 Å². The molecular formula is C15H21N5O. The SMILES string of the molecule is CNC(C)c1cccc(NC(=O)NCCc2ncc[nH]2)c1. The second-order valence-electron chi connectivity index (χ2n) is 4.80. The van der Waals surface area contributed by atoms with Gasteiger partial charge in [-0.3, -0.25) is 0 Å². The van der Waals surface area contributed by atoms with Crippen molar-refractivity contribution in [2.45, 2.75) is 19.4 Å². The van der Waals surface area contributed by atoms with Crippen LogP contribution >= 0.6 is 0 Å². The average molecular weight is 287 g/mol. The maximum atomic E-state index is 11.8. The standard InChI is InChI=1S/C15H21N5O/c1-11(16-2)12-4-3-5-13(10-12)20-15(21)19-7-6-14-17-8-9-18-14/h3-5,8-11,16H,6-7H2,1-2H3,(H,17,18)(H2,19,20,21). The van der Waals surface area contributed by atoms with Crippen molar-refractivity contribution in [2.24, 2.45) is 0 Å². The number of H-pyrrole nitrogens is 1. The van der Waals surface area contributed by atoms with Crippen LogP contribution in [0.4, 0.5) is 10.5 Å². The molecule has 0 saturated heterocycles. The Morgan fingerprint density at radius 2 is 2.29 bits per heavy atom. The molecule has 1 aromatic heterocycles. The monoisotopic (exact) mass is 287 g/mol. The Hall–Kier alpha value is -2.34. The highest BCUT2D eigenvalue weighted by atomic mass is 16.2. The van der Waals surface area contributed by atoms with Gasteiger partial charge in [0.1, 0.15) is 5.82 Å². The van der Waals surface area contributed by atoms with Gasteiger partial charge in [0, 0.05) is 37.1 Å². The summed E-state index contributed by atoms with van der Waals surface area (Å²) in [7, 11) is 1.91. The molecule has 0 saturated carbocycles. The smallest absolute Gasteiger partial charge is 0.319 e. The Kier molecular flexibility index (Phi) is 5.34. The Morgan fingerprint density at radius 1 is 1.43 bits per heavy atom. The van der Waals surface area contributed by atoms with Crippen LogP contribution in [-0.4, -0.2) is 29.6 Å². The van der Waals surface area contributed by atoms with E-state index in [0.29, 0.717) is 13.0 Å². The topological polar surface area (TPSA) is 81.8 Å². The minimum Gasteiger partial charge on any atom is -0.349 e. The van der Waals surface area contributed by atoms with E-state index >= 15 is 0 Å². The minimum absolute atomic E-state index is 0.212. The lowest BCUT2D eigenvalue weighted by atomic mass is 10.1. The van der Waals surface area contributed by atoms with Crippen LogP contribution in [0.5, 0.6) is 0 Å². The summed E-state index contributed by atoms with van der Waals surface area (Å²) in [6.45, 7) is 2.61. The fourth-order valence-electron chi connectivity index (χ4n) is 1.96. The highest BCUT2D eigenvalue weighted by Gasteiger charge is 2.05. The molecule has 4 N–H and O–H groups in total. The van der Waals surface area contributed by atoms with Gasteiger partial charge in [-0.2, -0.15) is 0 Å². The van der Waals surface area contributed by atoms with E-state index in [4.69, 9.17) is 0 Å². The number of carbonyl (C=O) groups is 1. The molecule has 6 nitrogen and oxygen atoms in total. The second-order valence-corrected chi connectivity index (χ2v) is 4.80. The number of hydrogen-bond donors (Lipinski definition) is 4. The molecule has 2 amide bonds. The first-order valence-electron chi connectivity index (χ1n) is 6.99. The minimum atomic E-state index is -0.212. The molecular weight excluding hydrogens is 266 g/mol. The summed E-state index contributed by atoms with van der Waals surface area (Å²) in [6, 6.07) is 7.83. The highest BCUT2D eigenvalue weighted by molar-refractivity contribution is 5.89. The summed E-state index contributed by atoms with van der Waals surface area (Å²) >= 11 is 0. The van der Waals surface area contributed by atoms with Gasteiger partial charge >= 0.3 is 6.03 Å². The van der Waals surface area contributed by atoms with Crippen molar-refractivity contribution in [3.05, 3.63) is 48.0 Å². The van der Waals surface area contributed by atoms with E-state index in [9.17, 15) is 4.79 Å². The molecule has 0 bridgehead atoms. The summed E-state index contributed by atoms with van der Waals surface area (Å²) in [5.41, 5.74) is 1.91. The number of urea groups is 1. The fraction of sp³-hybridized carbons (Fsp3) is 0.333. The molecule has 1 atom stereocenters. The molecule has 0 spiro atoms. The molecule has 1 aromatic carbocycles. The lowest BCUT2D eigenvalue weighted by Crippen LogP contribution is -2.30. The number of amides is 2. The maximum absolute atomic E-state index is 11.8. The van der Waals surface area contributed by atoms with Crippen molar-refractivity contribution in [2.75, 3.05) is 18.9 Å². The van der Waals surface area contributed by atoms with Gasteiger partial charge in [0.05, 0.1) is 0 Å². The number of aromatic nitrogens is 2. The number of rotatable bonds is 6. The predicted octanol–water partition coefficient (Wildman–Crippen LogP) is 2.05. The Morgan fingerprint density at radius 3 is 3.00 bits per heavy atom. The molecule has 0 fully saturated rings. The van der Waals surface area contributed by atoms with Gasteiger partial charge in [-0.15, -0.1) is 0 Å². The molecule has 0 aliphatic heterocycles. The average Bonchev–Trinajstić information content (AvgIpc) is 3.00. The van der Waals surface area contributed by atoms with Crippen molar-refractivity contribution in [3.63, 3.8) is 0 Å². The molecule has 21 heavy (non-hydrogen) atoms. The molecule has 0 radical (unpaired) electrons.